The molecule has 2 aromatic rings. The predicted molar refractivity (Wildman–Crippen MR) is 78.7 cm³/mol. The molecule has 1 aromatic carbocycles. The van der Waals surface area contributed by atoms with E-state index in [4.69, 9.17) is 9.47 Å². The summed E-state index contributed by atoms with van der Waals surface area (Å²) >= 11 is 1.69. The molecule has 0 bridgehead atoms. The van der Waals surface area contributed by atoms with Gasteiger partial charge in [-0.2, -0.15) is 11.3 Å². The van der Waals surface area contributed by atoms with Gasteiger partial charge in [-0.05, 0) is 40.1 Å². The normalized spacial score (nSPS) is 10.6. The number of nitrogens with one attached hydrogen (secondary N) is 1. The fraction of sp³-hybridized carbons (Fsp3) is 0.333. The van der Waals surface area contributed by atoms with Crippen LogP contribution in [-0.4, -0.2) is 20.3 Å². The van der Waals surface area contributed by atoms with Crippen LogP contribution >= 0.6 is 11.3 Å². The second kappa shape index (κ2) is 7.94. The van der Waals surface area contributed by atoms with Gasteiger partial charge in [-0.1, -0.05) is 12.1 Å². The highest BCUT2D eigenvalue weighted by atomic mass is 32.1. The summed E-state index contributed by atoms with van der Waals surface area (Å²) < 4.78 is 10.8. The molecule has 102 valence electrons. The van der Waals surface area contributed by atoms with Crippen LogP contribution < -0.4 is 10.1 Å². The maximum absolute atomic E-state index is 5.77. The molecule has 2 rings (SSSR count). The van der Waals surface area contributed by atoms with Gasteiger partial charge in [-0.25, -0.2) is 0 Å². The van der Waals surface area contributed by atoms with E-state index in [2.05, 4.69) is 34.3 Å². The van der Waals surface area contributed by atoms with Crippen LogP contribution in [-0.2, 0) is 17.9 Å². The van der Waals surface area contributed by atoms with Gasteiger partial charge in [0.15, 0.2) is 0 Å². The fourth-order valence-corrected chi connectivity index (χ4v) is 2.35. The Morgan fingerprint density at radius 1 is 1.21 bits per heavy atom. The lowest BCUT2D eigenvalue weighted by atomic mass is 10.2. The van der Waals surface area contributed by atoms with Crippen LogP contribution in [0.5, 0.6) is 5.75 Å². The van der Waals surface area contributed by atoms with Crippen molar-refractivity contribution in [2.24, 2.45) is 0 Å². The Bertz CT molecular complexity index is 471. The molecule has 0 radical (unpaired) electrons. The number of thiophene rings is 1. The maximum atomic E-state index is 5.77. The molecule has 4 heteroatoms. The zero-order chi connectivity index (χ0) is 13.3. The van der Waals surface area contributed by atoms with Crippen molar-refractivity contribution < 1.29 is 9.47 Å². The van der Waals surface area contributed by atoms with Crippen molar-refractivity contribution in [1.82, 2.24) is 5.32 Å². The Hall–Kier alpha value is -1.36. The van der Waals surface area contributed by atoms with Crippen LogP contribution in [0.15, 0.2) is 41.1 Å². The second-order valence-electron chi connectivity index (χ2n) is 4.24. The van der Waals surface area contributed by atoms with Crippen molar-refractivity contribution in [2.75, 3.05) is 20.3 Å². The molecule has 1 heterocycles. The smallest absolute Gasteiger partial charge is 0.120 e. The highest BCUT2D eigenvalue weighted by Gasteiger charge is 1.98. The first kappa shape index (κ1) is 14.1. The molecule has 0 aliphatic heterocycles. The Morgan fingerprint density at radius 2 is 2.16 bits per heavy atom. The lowest BCUT2D eigenvalue weighted by Crippen LogP contribution is -2.18. The van der Waals surface area contributed by atoms with E-state index in [-0.39, 0.29) is 0 Å². The first-order valence-electron chi connectivity index (χ1n) is 6.31. The molecule has 0 amide bonds. The number of ether oxygens (including phenoxy) is 2. The largest absolute Gasteiger partial charge is 0.489 e. The van der Waals surface area contributed by atoms with Gasteiger partial charge in [0.1, 0.15) is 12.4 Å². The molecular formula is C15H19NO2S. The van der Waals surface area contributed by atoms with Gasteiger partial charge in [0.2, 0.25) is 0 Å². The Labute approximate surface area is 118 Å². The summed E-state index contributed by atoms with van der Waals surface area (Å²) in [5.74, 6) is 0.914. The molecule has 1 aromatic heterocycles. The van der Waals surface area contributed by atoms with E-state index in [1.54, 1.807) is 18.4 Å². The average molecular weight is 277 g/mol. The first-order chi connectivity index (χ1) is 9.38. The van der Waals surface area contributed by atoms with E-state index in [0.717, 1.165) is 25.4 Å². The van der Waals surface area contributed by atoms with Gasteiger partial charge in [0.25, 0.3) is 0 Å². The van der Waals surface area contributed by atoms with Crippen LogP contribution in [0.1, 0.15) is 11.1 Å². The van der Waals surface area contributed by atoms with Crippen LogP contribution in [0.2, 0.25) is 0 Å². The maximum Gasteiger partial charge on any atom is 0.120 e. The molecule has 0 aliphatic carbocycles. The summed E-state index contributed by atoms with van der Waals surface area (Å²) in [4.78, 5) is 0. The summed E-state index contributed by atoms with van der Waals surface area (Å²) in [7, 11) is 1.71. The standard InChI is InChI=1S/C15H19NO2S/c1-17-7-6-16-10-13-3-2-4-15(9-13)18-11-14-5-8-19-12-14/h2-5,8-9,12,16H,6-7,10-11H2,1H3. The summed E-state index contributed by atoms with van der Waals surface area (Å²) in [6.45, 7) is 3.05. The number of methoxy groups -OCH3 is 1. The first-order valence-corrected chi connectivity index (χ1v) is 7.25. The van der Waals surface area contributed by atoms with Crippen LogP contribution in [0, 0.1) is 0 Å². The number of benzene rings is 1. The van der Waals surface area contributed by atoms with Gasteiger partial charge in [-0.15, -0.1) is 0 Å². The summed E-state index contributed by atoms with van der Waals surface area (Å²) in [5.41, 5.74) is 2.44. The molecule has 3 nitrogen and oxygen atoms in total. The van der Waals surface area contributed by atoms with Gasteiger partial charge in [-0.3, -0.25) is 0 Å². The molecule has 19 heavy (non-hydrogen) atoms. The Balaban J connectivity index is 1.81. The molecular weight excluding hydrogens is 258 g/mol. The molecule has 0 spiro atoms. The minimum Gasteiger partial charge on any atom is -0.489 e. The summed E-state index contributed by atoms with van der Waals surface area (Å²) in [5, 5.41) is 7.49. The highest BCUT2D eigenvalue weighted by Crippen LogP contribution is 2.16. The van der Waals surface area contributed by atoms with E-state index in [1.807, 2.05) is 12.1 Å². The van der Waals surface area contributed by atoms with Crippen molar-refractivity contribution in [3.63, 3.8) is 0 Å². The van der Waals surface area contributed by atoms with Crippen molar-refractivity contribution in [3.8, 4) is 5.75 Å². The lowest BCUT2D eigenvalue weighted by Gasteiger charge is -2.08. The second-order valence-corrected chi connectivity index (χ2v) is 5.02. The third-order valence-corrected chi connectivity index (χ3v) is 3.43. The summed E-state index contributed by atoms with van der Waals surface area (Å²) in [6, 6.07) is 10.3. The van der Waals surface area contributed by atoms with Crippen molar-refractivity contribution in [3.05, 3.63) is 52.2 Å². The number of rotatable bonds is 8. The molecule has 0 aliphatic rings. The molecule has 1 N–H and O–H groups in total. The third-order valence-electron chi connectivity index (χ3n) is 2.70. The van der Waals surface area contributed by atoms with Gasteiger partial charge in [0, 0.05) is 20.2 Å². The summed E-state index contributed by atoms with van der Waals surface area (Å²) in [6.07, 6.45) is 0. The van der Waals surface area contributed by atoms with E-state index < -0.39 is 0 Å². The highest BCUT2D eigenvalue weighted by molar-refractivity contribution is 7.07. The van der Waals surface area contributed by atoms with Gasteiger partial charge < -0.3 is 14.8 Å². The van der Waals surface area contributed by atoms with E-state index >= 15 is 0 Å². The quantitative estimate of drug-likeness (QED) is 0.752. The number of hydrogen-bond acceptors (Lipinski definition) is 4. The SMILES string of the molecule is COCCNCc1cccc(OCc2ccsc2)c1. The minimum atomic E-state index is 0.629. The van der Waals surface area contributed by atoms with E-state index in [1.165, 1.54) is 11.1 Å². The van der Waals surface area contributed by atoms with E-state index in [9.17, 15) is 0 Å². The molecule has 0 saturated heterocycles. The molecule has 0 saturated carbocycles. The van der Waals surface area contributed by atoms with Crippen LogP contribution in [0.25, 0.3) is 0 Å². The van der Waals surface area contributed by atoms with Gasteiger partial charge >= 0.3 is 0 Å². The fourth-order valence-electron chi connectivity index (χ4n) is 1.69. The Kier molecular flexibility index (Phi) is 5.88. The monoisotopic (exact) mass is 277 g/mol. The zero-order valence-corrected chi connectivity index (χ0v) is 11.9. The predicted octanol–water partition coefficient (Wildman–Crippen LogP) is 3.06. The third kappa shape index (κ3) is 5.03. The molecule has 0 atom stereocenters. The molecule has 0 fully saturated rings. The Morgan fingerprint density at radius 3 is 2.95 bits per heavy atom. The minimum absolute atomic E-state index is 0.629. The van der Waals surface area contributed by atoms with Crippen LogP contribution in [0.3, 0.4) is 0 Å². The lowest BCUT2D eigenvalue weighted by molar-refractivity contribution is 0.199. The molecule has 0 unspecified atom stereocenters. The van der Waals surface area contributed by atoms with Crippen LogP contribution in [0.4, 0.5) is 0 Å². The van der Waals surface area contributed by atoms with Crippen molar-refractivity contribution in [2.45, 2.75) is 13.2 Å². The van der Waals surface area contributed by atoms with Crippen molar-refractivity contribution >= 4 is 11.3 Å². The zero-order valence-electron chi connectivity index (χ0n) is 11.1. The topological polar surface area (TPSA) is 30.5 Å². The van der Waals surface area contributed by atoms with Crippen molar-refractivity contribution in [1.29, 1.82) is 0 Å². The average Bonchev–Trinajstić information content (AvgIpc) is 2.95. The van der Waals surface area contributed by atoms with Gasteiger partial charge in [0.05, 0.1) is 6.61 Å². The van der Waals surface area contributed by atoms with E-state index in [0.29, 0.717) is 6.61 Å². The number of hydrogen-bond donors (Lipinski definition) is 1.